The molecule has 1 aromatic carbocycles. The number of aromatic nitrogens is 2. The summed E-state index contributed by atoms with van der Waals surface area (Å²) in [7, 11) is 0. The third kappa shape index (κ3) is 2.76. The second kappa shape index (κ2) is 5.91. The van der Waals surface area contributed by atoms with E-state index >= 15 is 0 Å². The van der Waals surface area contributed by atoms with Gasteiger partial charge in [0.15, 0.2) is 11.7 Å². The molecule has 22 heavy (non-hydrogen) atoms. The molecule has 0 amide bonds. The molecule has 4 nitrogen and oxygen atoms in total. The number of fused-ring (bicyclic) bond motifs is 1. The van der Waals surface area contributed by atoms with E-state index in [1.807, 2.05) is 24.4 Å². The molecule has 0 saturated heterocycles. The van der Waals surface area contributed by atoms with Gasteiger partial charge in [0.25, 0.3) is 0 Å². The Kier molecular flexibility index (Phi) is 3.97. The number of ketones is 1. The molecule has 3 aromatic rings. The molecule has 2 aromatic heterocycles. The summed E-state index contributed by atoms with van der Waals surface area (Å²) in [5, 5.41) is 13.3. The van der Waals surface area contributed by atoms with Crippen LogP contribution in [0.15, 0.2) is 29.8 Å². The van der Waals surface area contributed by atoms with Crippen molar-refractivity contribution in [2.45, 2.75) is 19.3 Å². The van der Waals surface area contributed by atoms with Crippen LogP contribution in [-0.4, -0.2) is 15.8 Å². The van der Waals surface area contributed by atoms with E-state index in [1.54, 1.807) is 12.3 Å². The fourth-order valence-electron chi connectivity index (χ4n) is 2.36. The van der Waals surface area contributed by atoms with Gasteiger partial charge < -0.3 is 4.98 Å². The summed E-state index contributed by atoms with van der Waals surface area (Å²) >= 11 is 7.30. The molecular weight excluding hydrogens is 318 g/mol. The van der Waals surface area contributed by atoms with Crippen LogP contribution in [0.25, 0.3) is 10.9 Å². The molecule has 6 heteroatoms. The molecule has 1 N–H and O–H groups in total. The zero-order valence-corrected chi connectivity index (χ0v) is 13.3. The molecule has 0 aliphatic rings. The minimum Gasteiger partial charge on any atom is -0.361 e. The van der Waals surface area contributed by atoms with Crippen LogP contribution in [0.4, 0.5) is 0 Å². The highest BCUT2D eigenvalue weighted by Crippen LogP contribution is 2.26. The Bertz CT molecular complexity index is 890. The van der Waals surface area contributed by atoms with Crippen LogP contribution in [0.1, 0.15) is 22.2 Å². The van der Waals surface area contributed by atoms with E-state index in [0.717, 1.165) is 22.2 Å². The van der Waals surface area contributed by atoms with Crippen molar-refractivity contribution in [1.82, 2.24) is 9.97 Å². The van der Waals surface area contributed by atoms with Gasteiger partial charge in [-0.25, -0.2) is 4.98 Å². The number of Topliss-reactive ketones (excluding diaryl/α,β-unsaturated/α-hetero) is 1. The normalized spacial score (nSPS) is 12.2. The number of hydrogen-bond acceptors (Lipinski definition) is 4. The maximum Gasteiger partial charge on any atom is 0.161 e. The van der Waals surface area contributed by atoms with Crippen molar-refractivity contribution in [2.24, 2.45) is 0 Å². The summed E-state index contributed by atoms with van der Waals surface area (Å²) < 4.78 is 0. The summed E-state index contributed by atoms with van der Waals surface area (Å²) in [6, 6.07) is 7.55. The van der Waals surface area contributed by atoms with E-state index < -0.39 is 5.92 Å². The lowest BCUT2D eigenvalue weighted by molar-refractivity contribution is -0.118. The predicted molar refractivity (Wildman–Crippen MR) is 87.2 cm³/mol. The quantitative estimate of drug-likeness (QED) is 0.786. The average Bonchev–Trinajstić information content (AvgIpc) is 3.07. The Morgan fingerprint density at radius 1 is 1.55 bits per heavy atom. The number of aromatic amines is 1. The van der Waals surface area contributed by atoms with Crippen LogP contribution in [0.2, 0.25) is 5.02 Å². The Balaban J connectivity index is 1.87. The van der Waals surface area contributed by atoms with Gasteiger partial charge in [-0.05, 0) is 24.6 Å². The van der Waals surface area contributed by atoms with Crippen LogP contribution >= 0.6 is 22.9 Å². The largest absolute Gasteiger partial charge is 0.361 e. The minimum atomic E-state index is -0.809. The molecule has 0 spiro atoms. The SMILES string of the molecule is Cc1csc(C(C#N)C(=O)Cc2c[nH]c3cc(Cl)ccc23)n1. The van der Waals surface area contributed by atoms with E-state index in [4.69, 9.17) is 11.6 Å². The zero-order chi connectivity index (χ0) is 15.7. The van der Waals surface area contributed by atoms with Crippen molar-refractivity contribution >= 4 is 39.6 Å². The first-order valence-corrected chi connectivity index (χ1v) is 7.94. The van der Waals surface area contributed by atoms with Crippen LogP contribution in [-0.2, 0) is 11.2 Å². The Morgan fingerprint density at radius 3 is 3.05 bits per heavy atom. The standard InChI is InChI=1S/C16H12ClN3OS/c1-9-8-22-16(20-9)13(6-18)15(21)4-10-7-19-14-5-11(17)2-3-12(10)14/h2-3,5,7-8,13,19H,4H2,1H3. The van der Waals surface area contributed by atoms with Crippen molar-refractivity contribution in [2.75, 3.05) is 0 Å². The minimum absolute atomic E-state index is 0.146. The number of aryl methyl sites for hydroxylation is 1. The number of carbonyl (C=O) groups excluding carboxylic acids is 1. The van der Waals surface area contributed by atoms with Gasteiger partial charge in [0.2, 0.25) is 0 Å². The van der Waals surface area contributed by atoms with Crippen LogP contribution in [0.5, 0.6) is 0 Å². The van der Waals surface area contributed by atoms with Gasteiger partial charge in [-0.3, -0.25) is 4.79 Å². The molecule has 0 saturated carbocycles. The van der Waals surface area contributed by atoms with Crippen LogP contribution in [0.3, 0.4) is 0 Å². The number of benzene rings is 1. The zero-order valence-electron chi connectivity index (χ0n) is 11.8. The first-order valence-electron chi connectivity index (χ1n) is 6.68. The smallest absolute Gasteiger partial charge is 0.161 e. The molecule has 1 unspecified atom stereocenters. The van der Waals surface area contributed by atoms with Crippen molar-refractivity contribution < 1.29 is 4.79 Å². The Morgan fingerprint density at radius 2 is 2.36 bits per heavy atom. The molecule has 0 radical (unpaired) electrons. The fourth-order valence-corrected chi connectivity index (χ4v) is 3.40. The lowest BCUT2D eigenvalue weighted by Gasteiger charge is -2.04. The predicted octanol–water partition coefficient (Wildman–Crippen LogP) is 4.01. The second-order valence-electron chi connectivity index (χ2n) is 5.04. The number of hydrogen-bond donors (Lipinski definition) is 1. The molecule has 110 valence electrons. The topological polar surface area (TPSA) is 69.5 Å². The number of nitriles is 1. The van der Waals surface area contributed by atoms with Gasteiger partial charge in [0.05, 0.1) is 6.07 Å². The highest BCUT2D eigenvalue weighted by atomic mass is 35.5. The van der Waals surface area contributed by atoms with Gasteiger partial charge >= 0.3 is 0 Å². The van der Waals surface area contributed by atoms with Gasteiger partial charge in [0.1, 0.15) is 5.01 Å². The fraction of sp³-hybridized carbons (Fsp3) is 0.188. The number of carbonyl (C=O) groups is 1. The highest BCUT2D eigenvalue weighted by Gasteiger charge is 2.24. The lowest BCUT2D eigenvalue weighted by atomic mass is 9.99. The van der Waals surface area contributed by atoms with E-state index in [9.17, 15) is 10.1 Å². The molecule has 2 heterocycles. The van der Waals surface area contributed by atoms with Gasteiger partial charge in [-0.1, -0.05) is 17.7 Å². The molecule has 0 aliphatic heterocycles. The first-order chi connectivity index (χ1) is 10.6. The molecule has 0 fully saturated rings. The van der Waals surface area contributed by atoms with Crippen molar-refractivity contribution in [3.05, 3.63) is 51.1 Å². The number of rotatable bonds is 4. The molecule has 1 atom stereocenters. The Hall–Kier alpha value is -2.16. The summed E-state index contributed by atoms with van der Waals surface area (Å²) in [5.74, 6) is -0.955. The Labute approximate surface area is 136 Å². The third-order valence-electron chi connectivity index (χ3n) is 3.43. The summed E-state index contributed by atoms with van der Waals surface area (Å²) in [6.07, 6.45) is 1.99. The number of halogens is 1. The average molecular weight is 330 g/mol. The first kappa shape index (κ1) is 14.8. The van der Waals surface area contributed by atoms with Crippen molar-refractivity contribution in [3.63, 3.8) is 0 Å². The number of H-pyrrole nitrogens is 1. The highest BCUT2D eigenvalue weighted by molar-refractivity contribution is 7.09. The van der Waals surface area contributed by atoms with E-state index in [0.29, 0.717) is 10.0 Å². The molecule has 0 bridgehead atoms. The van der Waals surface area contributed by atoms with Crippen molar-refractivity contribution in [3.8, 4) is 6.07 Å². The summed E-state index contributed by atoms with van der Waals surface area (Å²) in [4.78, 5) is 19.8. The van der Waals surface area contributed by atoms with Gasteiger partial charge in [-0.15, -0.1) is 11.3 Å². The molecular formula is C16H12ClN3OS. The second-order valence-corrected chi connectivity index (χ2v) is 6.36. The number of thiazole rings is 1. The van der Waals surface area contributed by atoms with Crippen molar-refractivity contribution in [1.29, 1.82) is 5.26 Å². The number of nitrogens with zero attached hydrogens (tertiary/aromatic N) is 2. The van der Waals surface area contributed by atoms with Gasteiger partial charge in [0, 0.05) is 39.6 Å². The van der Waals surface area contributed by atoms with Gasteiger partial charge in [-0.2, -0.15) is 5.26 Å². The molecule has 3 rings (SSSR count). The number of nitrogens with one attached hydrogen (secondary N) is 1. The molecule has 0 aliphatic carbocycles. The van der Waals surface area contributed by atoms with E-state index in [-0.39, 0.29) is 12.2 Å². The third-order valence-corrected chi connectivity index (χ3v) is 4.69. The summed E-state index contributed by atoms with van der Waals surface area (Å²) in [6.45, 7) is 1.85. The monoisotopic (exact) mass is 329 g/mol. The van der Waals surface area contributed by atoms with Crippen LogP contribution < -0.4 is 0 Å². The lowest BCUT2D eigenvalue weighted by Crippen LogP contribution is -2.13. The van der Waals surface area contributed by atoms with Crippen LogP contribution in [0, 0.1) is 18.3 Å². The van der Waals surface area contributed by atoms with E-state index in [2.05, 4.69) is 16.0 Å². The maximum atomic E-state index is 12.5. The summed E-state index contributed by atoms with van der Waals surface area (Å²) in [5.41, 5.74) is 2.58. The maximum absolute atomic E-state index is 12.5. The van der Waals surface area contributed by atoms with E-state index in [1.165, 1.54) is 11.3 Å².